The van der Waals surface area contributed by atoms with Crippen LogP contribution in [-0.4, -0.2) is 47.4 Å². The van der Waals surface area contributed by atoms with Gasteiger partial charge in [-0.2, -0.15) is 0 Å². The van der Waals surface area contributed by atoms with Crippen molar-refractivity contribution in [3.05, 3.63) is 35.9 Å². The normalized spacial score (nSPS) is 26.5. The topological polar surface area (TPSA) is 49.6 Å². The van der Waals surface area contributed by atoms with E-state index in [1.54, 1.807) is 0 Å². The summed E-state index contributed by atoms with van der Waals surface area (Å²) in [4.78, 5) is 17.5. The van der Waals surface area contributed by atoms with Crippen LogP contribution in [0.15, 0.2) is 30.3 Å². The Morgan fingerprint density at radius 3 is 2.54 bits per heavy atom. The van der Waals surface area contributed by atoms with Gasteiger partial charge in [-0.05, 0) is 42.1 Å². The van der Waals surface area contributed by atoms with E-state index in [1.165, 1.54) is 24.9 Å². The van der Waals surface area contributed by atoms with Crippen LogP contribution in [0.3, 0.4) is 0 Å². The highest BCUT2D eigenvalue weighted by atomic mass is 16.1. The van der Waals surface area contributed by atoms with Crippen LogP contribution in [0, 0.1) is 17.3 Å². The lowest BCUT2D eigenvalue weighted by Crippen LogP contribution is -2.54. The van der Waals surface area contributed by atoms with E-state index in [0.29, 0.717) is 12.0 Å². The first-order valence-electron chi connectivity index (χ1n) is 11.1. The second kappa shape index (κ2) is 8.96. The quantitative estimate of drug-likeness (QED) is 0.738. The van der Waals surface area contributed by atoms with Crippen LogP contribution < -0.4 is 5.73 Å². The molecule has 2 N–H and O–H groups in total. The number of nitrogens with two attached hydrogens (primary N) is 1. The molecule has 3 rings (SSSR count). The van der Waals surface area contributed by atoms with E-state index in [0.717, 1.165) is 38.4 Å². The van der Waals surface area contributed by atoms with Crippen molar-refractivity contribution < 1.29 is 4.79 Å². The molecule has 1 aromatic rings. The molecule has 1 heterocycles. The second-order valence-electron chi connectivity index (χ2n) is 10.2. The first kappa shape index (κ1) is 21.3. The molecule has 1 aromatic carbocycles. The SMILES string of the molecule is CCC[C@@H](C(N)=O)N(CC(C)(C)C)[C@@H]1CC[C@H]2CN(Cc3ccccc3)C[C@H]21. The van der Waals surface area contributed by atoms with Gasteiger partial charge in [0.1, 0.15) is 0 Å². The molecule has 4 atom stereocenters. The lowest BCUT2D eigenvalue weighted by Gasteiger charge is -2.41. The van der Waals surface area contributed by atoms with Gasteiger partial charge in [0.25, 0.3) is 0 Å². The van der Waals surface area contributed by atoms with E-state index in [9.17, 15) is 4.79 Å². The Kier molecular flexibility index (Phi) is 6.82. The van der Waals surface area contributed by atoms with Gasteiger partial charge in [0, 0.05) is 32.2 Å². The maximum Gasteiger partial charge on any atom is 0.234 e. The predicted molar refractivity (Wildman–Crippen MR) is 116 cm³/mol. The smallest absolute Gasteiger partial charge is 0.234 e. The van der Waals surface area contributed by atoms with Gasteiger partial charge in [-0.1, -0.05) is 64.4 Å². The first-order chi connectivity index (χ1) is 13.3. The second-order valence-corrected chi connectivity index (χ2v) is 10.2. The molecule has 0 bridgehead atoms. The molecule has 156 valence electrons. The monoisotopic (exact) mass is 385 g/mol. The molecule has 0 unspecified atom stereocenters. The number of carbonyl (C=O) groups excluding carboxylic acids is 1. The largest absolute Gasteiger partial charge is 0.368 e. The number of nitrogens with zero attached hydrogens (tertiary/aromatic N) is 2. The zero-order valence-electron chi connectivity index (χ0n) is 18.2. The van der Waals surface area contributed by atoms with E-state index < -0.39 is 0 Å². The molecule has 1 saturated heterocycles. The number of fused-ring (bicyclic) bond motifs is 1. The van der Waals surface area contributed by atoms with Crippen LogP contribution in [0.1, 0.15) is 58.9 Å². The van der Waals surface area contributed by atoms with Crippen molar-refractivity contribution in [2.45, 2.75) is 72.0 Å². The average molecular weight is 386 g/mol. The third-order valence-corrected chi connectivity index (χ3v) is 6.52. The summed E-state index contributed by atoms with van der Waals surface area (Å²) in [6.45, 7) is 13.3. The van der Waals surface area contributed by atoms with Crippen molar-refractivity contribution in [1.29, 1.82) is 0 Å². The molecule has 0 aromatic heterocycles. The average Bonchev–Trinajstić information content (AvgIpc) is 3.18. The molecule has 1 amide bonds. The Morgan fingerprint density at radius 2 is 1.93 bits per heavy atom. The molecule has 0 spiro atoms. The van der Waals surface area contributed by atoms with Crippen LogP contribution in [-0.2, 0) is 11.3 Å². The van der Waals surface area contributed by atoms with Gasteiger partial charge in [-0.25, -0.2) is 0 Å². The van der Waals surface area contributed by atoms with Crippen LogP contribution in [0.25, 0.3) is 0 Å². The fraction of sp³-hybridized carbons (Fsp3) is 0.708. The standard InChI is InChI=1S/C24H39N3O/c1-5-9-22(23(25)28)27(17-24(2,3)4)21-13-12-19-15-26(16-20(19)21)14-18-10-7-6-8-11-18/h6-8,10-11,19-22H,5,9,12-17H2,1-4H3,(H2,25,28)/t19-,20+,21+,22-/m0/s1. The van der Waals surface area contributed by atoms with Crippen molar-refractivity contribution in [3.8, 4) is 0 Å². The molecule has 4 nitrogen and oxygen atoms in total. The van der Waals surface area contributed by atoms with Crippen LogP contribution in [0.5, 0.6) is 0 Å². The Hall–Kier alpha value is -1.39. The van der Waals surface area contributed by atoms with Crippen molar-refractivity contribution in [1.82, 2.24) is 9.80 Å². The molecule has 1 saturated carbocycles. The summed E-state index contributed by atoms with van der Waals surface area (Å²) in [5, 5.41) is 0. The summed E-state index contributed by atoms with van der Waals surface area (Å²) in [5.74, 6) is 1.27. The number of likely N-dealkylation sites (tertiary alicyclic amines) is 1. The summed E-state index contributed by atoms with van der Waals surface area (Å²) in [7, 11) is 0. The fourth-order valence-electron chi connectivity index (χ4n) is 5.46. The number of hydrogen-bond acceptors (Lipinski definition) is 3. The number of primary amides is 1. The number of carbonyl (C=O) groups is 1. The van der Waals surface area contributed by atoms with E-state index in [4.69, 9.17) is 5.73 Å². The van der Waals surface area contributed by atoms with Gasteiger partial charge in [0.05, 0.1) is 6.04 Å². The molecule has 2 fully saturated rings. The predicted octanol–water partition coefficient (Wildman–Crippen LogP) is 3.90. The molecular formula is C24H39N3O. The molecule has 2 aliphatic rings. The van der Waals surface area contributed by atoms with Gasteiger partial charge in [0.2, 0.25) is 5.91 Å². The highest BCUT2D eigenvalue weighted by Crippen LogP contribution is 2.42. The van der Waals surface area contributed by atoms with Crippen LogP contribution >= 0.6 is 0 Å². The van der Waals surface area contributed by atoms with Crippen molar-refractivity contribution in [2.24, 2.45) is 23.0 Å². The van der Waals surface area contributed by atoms with E-state index in [2.05, 4.69) is 67.8 Å². The van der Waals surface area contributed by atoms with Crippen molar-refractivity contribution >= 4 is 5.91 Å². The Labute approximate surface area is 171 Å². The van der Waals surface area contributed by atoms with Gasteiger partial charge in [-0.15, -0.1) is 0 Å². The molecule has 1 aliphatic heterocycles. The van der Waals surface area contributed by atoms with Gasteiger partial charge in [0.15, 0.2) is 0 Å². The van der Waals surface area contributed by atoms with Crippen LogP contribution in [0.2, 0.25) is 0 Å². The minimum atomic E-state index is -0.145. The lowest BCUT2D eigenvalue weighted by atomic mass is 9.90. The minimum absolute atomic E-state index is 0.129. The Morgan fingerprint density at radius 1 is 1.21 bits per heavy atom. The number of amides is 1. The van der Waals surface area contributed by atoms with Crippen molar-refractivity contribution in [2.75, 3.05) is 19.6 Å². The molecule has 1 aliphatic carbocycles. The summed E-state index contributed by atoms with van der Waals surface area (Å²) >= 11 is 0. The molecule has 0 radical (unpaired) electrons. The van der Waals surface area contributed by atoms with Gasteiger partial charge >= 0.3 is 0 Å². The van der Waals surface area contributed by atoms with Crippen LogP contribution in [0.4, 0.5) is 0 Å². The number of rotatable bonds is 8. The van der Waals surface area contributed by atoms with E-state index in [-0.39, 0.29) is 17.4 Å². The summed E-state index contributed by atoms with van der Waals surface area (Å²) in [5.41, 5.74) is 7.44. The van der Waals surface area contributed by atoms with Gasteiger partial charge < -0.3 is 5.73 Å². The molecular weight excluding hydrogens is 346 g/mol. The highest BCUT2D eigenvalue weighted by Gasteiger charge is 2.47. The number of hydrogen-bond donors (Lipinski definition) is 1. The summed E-state index contributed by atoms with van der Waals surface area (Å²) < 4.78 is 0. The lowest BCUT2D eigenvalue weighted by molar-refractivity contribution is -0.125. The molecule has 4 heteroatoms. The fourth-order valence-corrected chi connectivity index (χ4v) is 5.46. The van der Waals surface area contributed by atoms with E-state index in [1.807, 2.05) is 0 Å². The maximum atomic E-state index is 12.3. The first-order valence-corrected chi connectivity index (χ1v) is 11.1. The van der Waals surface area contributed by atoms with Gasteiger partial charge in [-0.3, -0.25) is 14.6 Å². The summed E-state index contributed by atoms with van der Waals surface area (Å²) in [6, 6.07) is 11.1. The third kappa shape index (κ3) is 5.15. The zero-order valence-corrected chi connectivity index (χ0v) is 18.2. The van der Waals surface area contributed by atoms with E-state index >= 15 is 0 Å². The minimum Gasteiger partial charge on any atom is -0.368 e. The highest BCUT2D eigenvalue weighted by molar-refractivity contribution is 5.79. The zero-order chi connectivity index (χ0) is 20.3. The Balaban J connectivity index is 1.74. The maximum absolute atomic E-state index is 12.3. The van der Waals surface area contributed by atoms with Crippen molar-refractivity contribution in [3.63, 3.8) is 0 Å². The number of benzene rings is 1. The molecule has 28 heavy (non-hydrogen) atoms. The summed E-state index contributed by atoms with van der Waals surface area (Å²) in [6.07, 6.45) is 4.35. The third-order valence-electron chi connectivity index (χ3n) is 6.52. The Bertz CT molecular complexity index is 639.